The second-order valence-corrected chi connectivity index (χ2v) is 5.66. The summed E-state index contributed by atoms with van der Waals surface area (Å²) in [4.78, 5) is 0. The summed E-state index contributed by atoms with van der Waals surface area (Å²) < 4.78 is 5.75. The van der Waals surface area contributed by atoms with E-state index in [0.29, 0.717) is 6.61 Å². The Morgan fingerprint density at radius 3 is 2.68 bits per heavy atom. The Hall–Kier alpha value is -1.53. The molecule has 3 nitrogen and oxygen atoms in total. The van der Waals surface area contributed by atoms with Gasteiger partial charge in [0, 0.05) is 5.56 Å². The third-order valence-corrected chi connectivity index (χ3v) is 3.13. The van der Waals surface area contributed by atoms with Gasteiger partial charge in [-0.2, -0.15) is 5.26 Å². The van der Waals surface area contributed by atoms with E-state index in [4.69, 9.17) is 10.00 Å². The van der Waals surface area contributed by atoms with Crippen LogP contribution in [0.1, 0.15) is 50.8 Å². The number of hydrogen-bond donors (Lipinski definition) is 1. The van der Waals surface area contributed by atoms with Gasteiger partial charge in [-0.05, 0) is 52.2 Å². The lowest BCUT2D eigenvalue weighted by Crippen LogP contribution is -2.10. The van der Waals surface area contributed by atoms with Gasteiger partial charge in [0.05, 0.1) is 24.2 Å². The average molecular weight is 261 g/mol. The summed E-state index contributed by atoms with van der Waals surface area (Å²) in [6, 6.07) is 8.09. The minimum Gasteiger partial charge on any atom is -0.493 e. The highest BCUT2D eigenvalue weighted by atomic mass is 16.5. The number of benzene rings is 1. The van der Waals surface area contributed by atoms with Crippen molar-refractivity contribution in [2.75, 3.05) is 6.61 Å². The lowest BCUT2D eigenvalue weighted by atomic mass is 9.90. The smallest absolute Gasteiger partial charge is 0.125 e. The first-order chi connectivity index (χ1) is 8.85. The van der Waals surface area contributed by atoms with E-state index in [2.05, 4.69) is 6.07 Å². The van der Waals surface area contributed by atoms with E-state index in [-0.39, 0.29) is 5.41 Å². The van der Waals surface area contributed by atoms with Gasteiger partial charge in [-0.1, -0.05) is 12.1 Å². The Morgan fingerprint density at radius 2 is 2.11 bits per heavy atom. The molecule has 19 heavy (non-hydrogen) atoms. The van der Waals surface area contributed by atoms with E-state index in [0.717, 1.165) is 29.7 Å². The van der Waals surface area contributed by atoms with E-state index >= 15 is 0 Å². The van der Waals surface area contributed by atoms with Gasteiger partial charge in [-0.15, -0.1) is 0 Å². The molecule has 1 aromatic rings. The van der Waals surface area contributed by atoms with Crippen LogP contribution in [0.3, 0.4) is 0 Å². The molecule has 1 atom stereocenters. The summed E-state index contributed by atoms with van der Waals surface area (Å²) in [6.45, 7) is 8.16. The van der Waals surface area contributed by atoms with Crippen LogP contribution in [0.4, 0.5) is 0 Å². The Balaban J connectivity index is 2.58. The Labute approximate surface area is 115 Å². The van der Waals surface area contributed by atoms with Crippen LogP contribution in [0.5, 0.6) is 5.75 Å². The van der Waals surface area contributed by atoms with Crippen LogP contribution in [0.2, 0.25) is 0 Å². The number of ether oxygens (including phenoxy) is 1. The average Bonchev–Trinajstić information content (AvgIpc) is 2.34. The maximum absolute atomic E-state index is 9.70. The van der Waals surface area contributed by atoms with Crippen LogP contribution in [-0.4, -0.2) is 11.7 Å². The number of aliphatic hydroxyl groups is 1. The molecule has 0 amide bonds. The van der Waals surface area contributed by atoms with Crippen molar-refractivity contribution in [1.82, 2.24) is 0 Å². The second kappa shape index (κ2) is 6.58. The third-order valence-electron chi connectivity index (χ3n) is 3.13. The van der Waals surface area contributed by atoms with Crippen molar-refractivity contribution in [3.8, 4) is 11.8 Å². The monoisotopic (exact) mass is 261 g/mol. The topological polar surface area (TPSA) is 53.2 Å². The molecule has 0 aliphatic heterocycles. The van der Waals surface area contributed by atoms with Crippen molar-refractivity contribution in [1.29, 1.82) is 5.26 Å². The maximum atomic E-state index is 9.70. The van der Waals surface area contributed by atoms with Gasteiger partial charge in [0.25, 0.3) is 0 Å². The first kappa shape index (κ1) is 15.5. The number of nitriles is 1. The molecule has 0 aliphatic rings. The number of aliphatic hydroxyl groups excluding tert-OH is 1. The number of aryl methyl sites for hydroxylation is 1. The van der Waals surface area contributed by atoms with Gasteiger partial charge in [0.1, 0.15) is 5.75 Å². The quantitative estimate of drug-likeness (QED) is 0.793. The fourth-order valence-corrected chi connectivity index (χ4v) is 1.86. The Bertz CT molecular complexity index is 458. The van der Waals surface area contributed by atoms with Crippen molar-refractivity contribution in [3.63, 3.8) is 0 Å². The lowest BCUT2D eigenvalue weighted by molar-refractivity contribution is 0.190. The van der Waals surface area contributed by atoms with Crippen molar-refractivity contribution in [2.24, 2.45) is 5.41 Å². The zero-order valence-corrected chi connectivity index (χ0v) is 12.2. The molecule has 1 N–H and O–H groups in total. The molecule has 0 radical (unpaired) electrons. The van der Waals surface area contributed by atoms with E-state index in [1.807, 2.05) is 39.0 Å². The minimum absolute atomic E-state index is 0.303. The predicted octanol–water partition coefficient (Wildman–Crippen LogP) is 3.76. The molecular weight excluding hydrogens is 238 g/mol. The van der Waals surface area contributed by atoms with Gasteiger partial charge < -0.3 is 9.84 Å². The van der Waals surface area contributed by atoms with Crippen LogP contribution >= 0.6 is 0 Å². The van der Waals surface area contributed by atoms with E-state index < -0.39 is 6.10 Å². The fraction of sp³-hybridized carbons (Fsp3) is 0.562. The van der Waals surface area contributed by atoms with Gasteiger partial charge in [0.15, 0.2) is 0 Å². The molecule has 0 fully saturated rings. The zero-order chi connectivity index (χ0) is 14.5. The van der Waals surface area contributed by atoms with Crippen LogP contribution < -0.4 is 4.74 Å². The van der Waals surface area contributed by atoms with Gasteiger partial charge >= 0.3 is 0 Å². The summed E-state index contributed by atoms with van der Waals surface area (Å²) in [6.07, 6.45) is 1.10. The molecule has 0 aromatic heterocycles. The summed E-state index contributed by atoms with van der Waals surface area (Å²) in [5.41, 5.74) is 1.62. The fourth-order valence-electron chi connectivity index (χ4n) is 1.86. The molecule has 1 aromatic carbocycles. The maximum Gasteiger partial charge on any atom is 0.125 e. The molecule has 0 heterocycles. The normalized spacial score (nSPS) is 12.8. The van der Waals surface area contributed by atoms with Crippen molar-refractivity contribution < 1.29 is 9.84 Å². The van der Waals surface area contributed by atoms with Crippen molar-refractivity contribution in [2.45, 2.75) is 46.6 Å². The van der Waals surface area contributed by atoms with Crippen LogP contribution in [-0.2, 0) is 0 Å². The Morgan fingerprint density at radius 1 is 1.42 bits per heavy atom. The molecule has 0 aliphatic carbocycles. The van der Waals surface area contributed by atoms with Crippen LogP contribution in [0.25, 0.3) is 0 Å². The largest absolute Gasteiger partial charge is 0.493 e. The molecule has 104 valence electrons. The van der Waals surface area contributed by atoms with Crippen LogP contribution in [0, 0.1) is 23.7 Å². The number of rotatable bonds is 6. The predicted molar refractivity (Wildman–Crippen MR) is 75.9 cm³/mol. The molecule has 1 unspecified atom stereocenters. The summed E-state index contributed by atoms with van der Waals surface area (Å²) in [7, 11) is 0. The van der Waals surface area contributed by atoms with Crippen LogP contribution in [0.15, 0.2) is 18.2 Å². The minimum atomic E-state index is -0.536. The van der Waals surface area contributed by atoms with Gasteiger partial charge in [-0.3, -0.25) is 0 Å². The summed E-state index contributed by atoms with van der Waals surface area (Å²) >= 11 is 0. The first-order valence-corrected chi connectivity index (χ1v) is 6.68. The molecule has 0 saturated carbocycles. The highest BCUT2D eigenvalue weighted by Crippen LogP contribution is 2.27. The van der Waals surface area contributed by atoms with Crippen molar-refractivity contribution in [3.05, 3.63) is 29.3 Å². The second-order valence-electron chi connectivity index (χ2n) is 5.66. The molecule has 0 bridgehead atoms. The van der Waals surface area contributed by atoms with Gasteiger partial charge in [-0.25, -0.2) is 0 Å². The SMILES string of the molecule is Cc1ccc(C(C)O)c(OCCCC(C)(C)C#N)c1. The molecule has 0 spiro atoms. The highest BCUT2D eigenvalue weighted by molar-refractivity contribution is 5.38. The van der Waals surface area contributed by atoms with Gasteiger partial charge in [0.2, 0.25) is 0 Å². The number of hydrogen-bond acceptors (Lipinski definition) is 3. The summed E-state index contributed by atoms with van der Waals surface area (Å²) in [5.74, 6) is 0.741. The molecule has 0 saturated heterocycles. The van der Waals surface area contributed by atoms with E-state index in [9.17, 15) is 5.11 Å². The number of nitrogens with zero attached hydrogens (tertiary/aromatic N) is 1. The third kappa shape index (κ3) is 4.92. The molecule has 1 rings (SSSR count). The first-order valence-electron chi connectivity index (χ1n) is 6.68. The van der Waals surface area contributed by atoms with Crippen molar-refractivity contribution >= 4 is 0 Å². The molecule has 3 heteroatoms. The van der Waals surface area contributed by atoms with E-state index in [1.54, 1.807) is 6.92 Å². The van der Waals surface area contributed by atoms with E-state index in [1.165, 1.54) is 0 Å². The zero-order valence-electron chi connectivity index (χ0n) is 12.2. The molecular formula is C16H23NO2. The summed E-state index contributed by atoms with van der Waals surface area (Å²) in [5, 5.41) is 18.6. The highest BCUT2D eigenvalue weighted by Gasteiger charge is 2.16. The Kier molecular flexibility index (Phi) is 5.38. The lowest BCUT2D eigenvalue weighted by Gasteiger charge is -2.17. The standard InChI is InChI=1S/C16H23NO2/c1-12-6-7-14(13(2)18)15(10-12)19-9-5-8-16(3,4)11-17/h6-7,10,13,18H,5,8-9H2,1-4H3.